The van der Waals surface area contributed by atoms with E-state index in [0.717, 1.165) is 24.5 Å². The highest BCUT2D eigenvalue weighted by atomic mass is 16.4. The molecule has 0 spiro atoms. The number of nitrogens with one attached hydrogen (secondary N) is 2. The van der Waals surface area contributed by atoms with E-state index in [1.165, 1.54) is 6.08 Å². The van der Waals surface area contributed by atoms with Crippen molar-refractivity contribution in [3.63, 3.8) is 0 Å². The van der Waals surface area contributed by atoms with Gasteiger partial charge in [-0.05, 0) is 36.6 Å². The van der Waals surface area contributed by atoms with Crippen LogP contribution in [0.15, 0.2) is 30.3 Å². The Morgan fingerprint density at radius 2 is 1.95 bits per heavy atom. The molecule has 19 heavy (non-hydrogen) atoms. The monoisotopic (exact) mass is 260 g/mol. The van der Waals surface area contributed by atoms with Crippen molar-refractivity contribution in [1.82, 2.24) is 5.32 Å². The molecule has 0 bridgehead atoms. The number of anilines is 1. The smallest absolute Gasteiger partial charge is 0.328 e. The van der Waals surface area contributed by atoms with Crippen molar-refractivity contribution in [2.24, 2.45) is 0 Å². The van der Waals surface area contributed by atoms with Crippen LogP contribution in [0.2, 0.25) is 0 Å². The van der Waals surface area contributed by atoms with Crippen molar-refractivity contribution >= 4 is 23.6 Å². The Balaban J connectivity index is 1.83. The number of amides is 1. The standard InChI is InChI=1S/C14H16N2O3/c17-13(9-15-11-6-7-11)16-12-4-1-10(2-5-12)3-8-14(18)19/h1-5,8,11,15H,6-7,9H2,(H,16,17)(H,18,19)/b8-3+. The second-order valence-electron chi connectivity index (χ2n) is 4.50. The second-order valence-corrected chi connectivity index (χ2v) is 4.50. The highest BCUT2D eigenvalue weighted by Gasteiger charge is 2.20. The molecule has 0 radical (unpaired) electrons. The third kappa shape index (κ3) is 4.93. The average molecular weight is 260 g/mol. The molecule has 1 saturated carbocycles. The van der Waals surface area contributed by atoms with Gasteiger partial charge in [-0.2, -0.15) is 0 Å². The van der Waals surface area contributed by atoms with Crippen molar-refractivity contribution in [2.45, 2.75) is 18.9 Å². The number of aliphatic carboxylic acids is 1. The maximum Gasteiger partial charge on any atom is 0.328 e. The van der Waals surface area contributed by atoms with E-state index in [9.17, 15) is 9.59 Å². The van der Waals surface area contributed by atoms with Gasteiger partial charge in [0.05, 0.1) is 6.54 Å². The summed E-state index contributed by atoms with van der Waals surface area (Å²) in [6.45, 7) is 0.325. The summed E-state index contributed by atoms with van der Waals surface area (Å²) in [6, 6.07) is 7.51. The van der Waals surface area contributed by atoms with Gasteiger partial charge in [0.2, 0.25) is 5.91 Å². The fourth-order valence-corrected chi connectivity index (χ4v) is 1.57. The van der Waals surface area contributed by atoms with E-state index in [0.29, 0.717) is 18.3 Å². The maximum atomic E-state index is 11.6. The van der Waals surface area contributed by atoms with Gasteiger partial charge < -0.3 is 15.7 Å². The lowest BCUT2D eigenvalue weighted by atomic mass is 10.2. The third-order valence-electron chi connectivity index (χ3n) is 2.74. The SMILES string of the molecule is O=C(O)/C=C/c1ccc(NC(=O)CNC2CC2)cc1. The van der Waals surface area contributed by atoms with Gasteiger partial charge in [-0.15, -0.1) is 0 Å². The number of hydrogen-bond acceptors (Lipinski definition) is 3. The molecule has 1 aromatic carbocycles. The fraction of sp³-hybridized carbons (Fsp3) is 0.286. The molecule has 2 rings (SSSR count). The van der Waals surface area contributed by atoms with Gasteiger partial charge in [0.15, 0.2) is 0 Å². The van der Waals surface area contributed by atoms with Gasteiger partial charge in [-0.25, -0.2) is 4.79 Å². The first kappa shape index (κ1) is 13.3. The average Bonchev–Trinajstić information content (AvgIpc) is 3.19. The molecule has 0 atom stereocenters. The molecule has 1 amide bonds. The van der Waals surface area contributed by atoms with Gasteiger partial charge in [0, 0.05) is 17.8 Å². The first-order valence-electron chi connectivity index (χ1n) is 6.18. The molecule has 1 aliphatic carbocycles. The first-order valence-corrected chi connectivity index (χ1v) is 6.18. The highest BCUT2D eigenvalue weighted by molar-refractivity contribution is 5.92. The van der Waals surface area contributed by atoms with Crippen molar-refractivity contribution in [2.75, 3.05) is 11.9 Å². The molecule has 100 valence electrons. The largest absolute Gasteiger partial charge is 0.478 e. The Bertz CT molecular complexity index is 490. The zero-order chi connectivity index (χ0) is 13.7. The summed E-state index contributed by atoms with van der Waals surface area (Å²) < 4.78 is 0. The summed E-state index contributed by atoms with van der Waals surface area (Å²) >= 11 is 0. The van der Waals surface area contributed by atoms with Crippen molar-refractivity contribution in [3.05, 3.63) is 35.9 Å². The summed E-state index contributed by atoms with van der Waals surface area (Å²) in [5.41, 5.74) is 1.48. The molecule has 3 N–H and O–H groups in total. The van der Waals surface area contributed by atoms with E-state index in [2.05, 4.69) is 10.6 Å². The number of rotatable bonds is 6. The molecule has 0 aliphatic heterocycles. The van der Waals surface area contributed by atoms with E-state index < -0.39 is 5.97 Å². The third-order valence-corrected chi connectivity index (χ3v) is 2.74. The van der Waals surface area contributed by atoms with E-state index >= 15 is 0 Å². The molecule has 1 aromatic rings. The molecule has 1 aliphatic rings. The normalized spacial score (nSPS) is 14.5. The van der Waals surface area contributed by atoms with Crippen molar-refractivity contribution in [1.29, 1.82) is 0 Å². The summed E-state index contributed by atoms with van der Waals surface area (Å²) in [6.07, 6.45) is 4.88. The van der Waals surface area contributed by atoms with E-state index in [1.807, 2.05) is 0 Å². The lowest BCUT2D eigenvalue weighted by Crippen LogP contribution is -2.29. The van der Waals surface area contributed by atoms with E-state index in [1.54, 1.807) is 24.3 Å². The number of carboxylic acids is 1. The predicted octanol–water partition coefficient (Wildman–Crippen LogP) is 1.47. The van der Waals surface area contributed by atoms with Gasteiger partial charge >= 0.3 is 5.97 Å². The van der Waals surface area contributed by atoms with Crippen LogP contribution >= 0.6 is 0 Å². The van der Waals surface area contributed by atoms with Gasteiger partial charge in [0.1, 0.15) is 0 Å². The van der Waals surface area contributed by atoms with Crippen LogP contribution in [0.25, 0.3) is 6.08 Å². The zero-order valence-electron chi connectivity index (χ0n) is 10.4. The summed E-state index contributed by atoms with van der Waals surface area (Å²) in [5.74, 6) is -1.05. The van der Waals surface area contributed by atoms with Gasteiger partial charge in [0.25, 0.3) is 0 Å². The molecule has 0 unspecified atom stereocenters. The van der Waals surface area contributed by atoms with Crippen molar-refractivity contribution < 1.29 is 14.7 Å². The minimum Gasteiger partial charge on any atom is -0.478 e. The van der Waals surface area contributed by atoms with Crippen LogP contribution in [0.4, 0.5) is 5.69 Å². The van der Waals surface area contributed by atoms with Crippen LogP contribution in [0.5, 0.6) is 0 Å². The lowest BCUT2D eigenvalue weighted by molar-refractivity contribution is -0.131. The molecule has 1 fully saturated rings. The predicted molar refractivity (Wildman–Crippen MR) is 72.8 cm³/mol. The van der Waals surface area contributed by atoms with Crippen LogP contribution < -0.4 is 10.6 Å². The minimum absolute atomic E-state index is 0.0688. The molecule has 0 aromatic heterocycles. The molecule has 5 nitrogen and oxygen atoms in total. The van der Waals surface area contributed by atoms with Crippen LogP contribution in [0, 0.1) is 0 Å². The molecule has 0 heterocycles. The Hall–Kier alpha value is -2.14. The molecule has 0 saturated heterocycles. The van der Waals surface area contributed by atoms with Crippen molar-refractivity contribution in [3.8, 4) is 0 Å². The first-order chi connectivity index (χ1) is 9.13. The number of benzene rings is 1. The second kappa shape index (κ2) is 6.15. The summed E-state index contributed by atoms with van der Waals surface area (Å²) in [4.78, 5) is 21.9. The van der Waals surface area contributed by atoms with Crippen LogP contribution in [-0.2, 0) is 9.59 Å². The van der Waals surface area contributed by atoms with Gasteiger partial charge in [-0.1, -0.05) is 12.1 Å². The highest BCUT2D eigenvalue weighted by Crippen LogP contribution is 2.18. The Morgan fingerprint density at radius 1 is 1.26 bits per heavy atom. The molecular formula is C14H16N2O3. The van der Waals surface area contributed by atoms with E-state index in [-0.39, 0.29) is 5.91 Å². The minimum atomic E-state index is -0.983. The van der Waals surface area contributed by atoms with Gasteiger partial charge in [-0.3, -0.25) is 4.79 Å². The van der Waals surface area contributed by atoms with E-state index in [4.69, 9.17) is 5.11 Å². The number of carboxylic acid groups (broad SMARTS) is 1. The fourth-order valence-electron chi connectivity index (χ4n) is 1.57. The lowest BCUT2D eigenvalue weighted by Gasteiger charge is -2.06. The zero-order valence-corrected chi connectivity index (χ0v) is 10.4. The topological polar surface area (TPSA) is 78.4 Å². The Kier molecular flexibility index (Phi) is 4.30. The molecular weight excluding hydrogens is 244 g/mol. The summed E-state index contributed by atoms with van der Waals surface area (Å²) in [5, 5.41) is 14.4. The maximum absolute atomic E-state index is 11.6. The summed E-state index contributed by atoms with van der Waals surface area (Å²) in [7, 11) is 0. The quantitative estimate of drug-likeness (QED) is 0.677. The van der Waals surface area contributed by atoms with Crippen LogP contribution in [0.3, 0.4) is 0 Å². The number of carbonyl (C=O) groups is 2. The Labute approximate surface area is 111 Å². The number of hydrogen-bond donors (Lipinski definition) is 3. The van der Waals surface area contributed by atoms with Crippen LogP contribution in [-0.4, -0.2) is 29.6 Å². The van der Waals surface area contributed by atoms with Crippen LogP contribution in [0.1, 0.15) is 18.4 Å². The number of carbonyl (C=O) groups excluding carboxylic acids is 1. The molecule has 5 heteroatoms. The Morgan fingerprint density at radius 3 is 2.53 bits per heavy atom.